The second kappa shape index (κ2) is 6.15. The molecule has 0 aliphatic carbocycles. The number of anilines is 1. The van der Waals surface area contributed by atoms with Gasteiger partial charge in [-0.2, -0.15) is 0 Å². The highest BCUT2D eigenvalue weighted by molar-refractivity contribution is 9.10. The van der Waals surface area contributed by atoms with Crippen molar-refractivity contribution in [2.24, 2.45) is 0 Å². The van der Waals surface area contributed by atoms with Gasteiger partial charge in [0.05, 0.1) is 11.9 Å². The molecule has 3 aromatic rings. The standard InChI is InChI=1S/C17H13BrN2O2/c1-11-2-7-15(14(18)8-11)20-17(21)13-5-3-12(4-6-13)16-9-19-10-22-16/h2-10H,1H3,(H,20,21). The van der Waals surface area contributed by atoms with Gasteiger partial charge >= 0.3 is 0 Å². The summed E-state index contributed by atoms with van der Waals surface area (Å²) in [7, 11) is 0. The lowest BCUT2D eigenvalue weighted by Gasteiger charge is -2.08. The Kier molecular flexibility index (Phi) is 4.06. The number of rotatable bonds is 3. The van der Waals surface area contributed by atoms with Crippen molar-refractivity contribution in [1.82, 2.24) is 4.98 Å². The average molecular weight is 357 g/mol. The molecule has 1 N–H and O–H groups in total. The van der Waals surface area contributed by atoms with Gasteiger partial charge in [0, 0.05) is 15.6 Å². The molecule has 0 aliphatic heterocycles. The van der Waals surface area contributed by atoms with Crippen molar-refractivity contribution in [1.29, 1.82) is 0 Å². The van der Waals surface area contributed by atoms with Crippen LogP contribution in [0.5, 0.6) is 0 Å². The molecule has 0 aliphatic rings. The first-order valence-electron chi connectivity index (χ1n) is 6.70. The normalized spacial score (nSPS) is 10.5. The fourth-order valence-corrected chi connectivity index (χ4v) is 2.65. The molecule has 4 nitrogen and oxygen atoms in total. The lowest BCUT2D eigenvalue weighted by atomic mass is 10.1. The minimum absolute atomic E-state index is 0.159. The van der Waals surface area contributed by atoms with Crippen LogP contribution in [0.1, 0.15) is 15.9 Å². The Bertz CT molecular complexity index is 796. The predicted molar refractivity (Wildman–Crippen MR) is 88.8 cm³/mol. The van der Waals surface area contributed by atoms with E-state index in [0.717, 1.165) is 21.3 Å². The molecule has 110 valence electrons. The Labute approximate surface area is 136 Å². The molecule has 2 aromatic carbocycles. The summed E-state index contributed by atoms with van der Waals surface area (Å²) in [5.41, 5.74) is 3.33. The van der Waals surface area contributed by atoms with Crippen molar-refractivity contribution in [2.45, 2.75) is 6.92 Å². The first-order valence-corrected chi connectivity index (χ1v) is 7.49. The third-order valence-electron chi connectivity index (χ3n) is 3.24. The number of carbonyl (C=O) groups is 1. The van der Waals surface area contributed by atoms with Gasteiger partial charge in [-0.3, -0.25) is 4.79 Å². The van der Waals surface area contributed by atoms with Crippen LogP contribution in [0.4, 0.5) is 5.69 Å². The molecule has 0 radical (unpaired) electrons. The maximum absolute atomic E-state index is 12.3. The lowest BCUT2D eigenvalue weighted by Crippen LogP contribution is -2.12. The van der Waals surface area contributed by atoms with E-state index < -0.39 is 0 Å². The summed E-state index contributed by atoms with van der Waals surface area (Å²) in [6, 6.07) is 13.0. The number of benzene rings is 2. The van der Waals surface area contributed by atoms with E-state index in [0.29, 0.717) is 11.3 Å². The zero-order chi connectivity index (χ0) is 15.5. The van der Waals surface area contributed by atoms with Crippen LogP contribution in [0.25, 0.3) is 11.3 Å². The molecule has 0 unspecified atom stereocenters. The van der Waals surface area contributed by atoms with Crippen LogP contribution in [0, 0.1) is 6.92 Å². The van der Waals surface area contributed by atoms with E-state index in [-0.39, 0.29) is 5.91 Å². The fraction of sp³-hybridized carbons (Fsp3) is 0.0588. The summed E-state index contributed by atoms with van der Waals surface area (Å²) in [6.07, 6.45) is 3.02. The number of halogens is 1. The molecule has 0 fully saturated rings. The monoisotopic (exact) mass is 356 g/mol. The Morgan fingerprint density at radius 3 is 2.59 bits per heavy atom. The maximum atomic E-state index is 12.3. The molecule has 1 amide bonds. The SMILES string of the molecule is Cc1ccc(NC(=O)c2ccc(-c3cnco3)cc2)c(Br)c1. The van der Waals surface area contributed by atoms with Crippen molar-refractivity contribution in [3.63, 3.8) is 0 Å². The third kappa shape index (κ3) is 3.09. The predicted octanol–water partition coefficient (Wildman–Crippen LogP) is 4.66. The van der Waals surface area contributed by atoms with E-state index in [9.17, 15) is 4.79 Å². The Hall–Kier alpha value is -2.40. The van der Waals surface area contributed by atoms with Crippen LogP contribution in [-0.4, -0.2) is 10.9 Å². The number of nitrogens with zero attached hydrogens (tertiary/aromatic N) is 1. The molecule has 0 bridgehead atoms. The zero-order valence-corrected chi connectivity index (χ0v) is 13.4. The van der Waals surface area contributed by atoms with Gasteiger partial charge in [0.2, 0.25) is 0 Å². The Morgan fingerprint density at radius 1 is 1.18 bits per heavy atom. The minimum Gasteiger partial charge on any atom is -0.444 e. The first kappa shape index (κ1) is 14.5. The number of aromatic nitrogens is 1. The fourth-order valence-electron chi connectivity index (χ4n) is 2.06. The van der Waals surface area contributed by atoms with Crippen molar-refractivity contribution >= 4 is 27.5 Å². The molecule has 1 heterocycles. The van der Waals surface area contributed by atoms with Crippen molar-refractivity contribution in [2.75, 3.05) is 5.32 Å². The molecule has 0 spiro atoms. The molecular formula is C17H13BrN2O2. The second-order valence-electron chi connectivity index (χ2n) is 4.88. The molecule has 0 saturated carbocycles. The van der Waals surface area contributed by atoms with Crippen LogP contribution in [0.15, 0.2) is 63.9 Å². The summed E-state index contributed by atoms with van der Waals surface area (Å²) in [5, 5.41) is 2.89. The van der Waals surface area contributed by atoms with Gasteiger partial charge in [-0.1, -0.05) is 18.2 Å². The van der Waals surface area contributed by atoms with Gasteiger partial charge in [0.1, 0.15) is 0 Å². The molecule has 5 heteroatoms. The molecular weight excluding hydrogens is 344 g/mol. The summed E-state index contributed by atoms with van der Waals surface area (Å²) < 4.78 is 6.08. The van der Waals surface area contributed by atoms with Crippen molar-refractivity contribution < 1.29 is 9.21 Å². The number of nitrogens with one attached hydrogen (secondary N) is 1. The quantitative estimate of drug-likeness (QED) is 0.741. The Morgan fingerprint density at radius 2 is 1.95 bits per heavy atom. The number of aryl methyl sites for hydroxylation is 1. The number of carbonyl (C=O) groups excluding carboxylic acids is 1. The minimum atomic E-state index is -0.159. The highest BCUT2D eigenvalue weighted by Crippen LogP contribution is 2.24. The van der Waals surface area contributed by atoms with Gasteiger partial charge in [0.25, 0.3) is 5.91 Å². The summed E-state index contributed by atoms with van der Waals surface area (Å²) in [6.45, 7) is 2.00. The summed E-state index contributed by atoms with van der Waals surface area (Å²) in [4.78, 5) is 16.2. The van der Waals surface area contributed by atoms with Crippen LogP contribution >= 0.6 is 15.9 Å². The third-order valence-corrected chi connectivity index (χ3v) is 3.89. The first-order chi connectivity index (χ1) is 10.6. The average Bonchev–Trinajstić information content (AvgIpc) is 3.04. The van der Waals surface area contributed by atoms with Gasteiger partial charge in [0.15, 0.2) is 12.2 Å². The number of hydrogen-bond donors (Lipinski definition) is 1. The van der Waals surface area contributed by atoms with E-state index in [2.05, 4.69) is 26.2 Å². The lowest BCUT2D eigenvalue weighted by molar-refractivity contribution is 0.102. The Balaban J connectivity index is 1.77. The molecule has 22 heavy (non-hydrogen) atoms. The molecule has 1 aromatic heterocycles. The number of amides is 1. The highest BCUT2D eigenvalue weighted by atomic mass is 79.9. The van der Waals surface area contributed by atoms with Gasteiger partial charge in [-0.05, 0) is 52.7 Å². The second-order valence-corrected chi connectivity index (χ2v) is 5.73. The van der Waals surface area contributed by atoms with Gasteiger partial charge in [-0.25, -0.2) is 4.98 Å². The molecule has 3 rings (SSSR count). The van der Waals surface area contributed by atoms with E-state index in [4.69, 9.17) is 4.42 Å². The highest BCUT2D eigenvalue weighted by Gasteiger charge is 2.09. The molecule has 0 saturated heterocycles. The molecule has 0 atom stereocenters. The van der Waals surface area contributed by atoms with Crippen molar-refractivity contribution in [3.8, 4) is 11.3 Å². The number of hydrogen-bond acceptors (Lipinski definition) is 3. The van der Waals surface area contributed by atoms with E-state index in [1.54, 1.807) is 18.3 Å². The van der Waals surface area contributed by atoms with E-state index in [1.807, 2.05) is 37.3 Å². The summed E-state index contributed by atoms with van der Waals surface area (Å²) in [5.74, 6) is 0.516. The van der Waals surface area contributed by atoms with Crippen molar-refractivity contribution in [3.05, 3.63) is 70.7 Å². The van der Waals surface area contributed by atoms with Gasteiger partial charge in [-0.15, -0.1) is 0 Å². The van der Waals surface area contributed by atoms with Crippen LogP contribution < -0.4 is 5.32 Å². The zero-order valence-electron chi connectivity index (χ0n) is 11.8. The smallest absolute Gasteiger partial charge is 0.255 e. The van der Waals surface area contributed by atoms with E-state index >= 15 is 0 Å². The summed E-state index contributed by atoms with van der Waals surface area (Å²) >= 11 is 3.45. The van der Waals surface area contributed by atoms with Crippen LogP contribution in [0.2, 0.25) is 0 Å². The van der Waals surface area contributed by atoms with Crippen LogP contribution in [-0.2, 0) is 0 Å². The topological polar surface area (TPSA) is 55.1 Å². The number of oxazole rings is 1. The van der Waals surface area contributed by atoms with Gasteiger partial charge < -0.3 is 9.73 Å². The largest absolute Gasteiger partial charge is 0.444 e. The van der Waals surface area contributed by atoms with E-state index in [1.165, 1.54) is 6.39 Å². The maximum Gasteiger partial charge on any atom is 0.255 e. The van der Waals surface area contributed by atoms with Crippen LogP contribution in [0.3, 0.4) is 0 Å².